The van der Waals surface area contributed by atoms with E-state index in [1.54, 1.807) is 36.4 Å². The van der Waals surface area contributed by atoms with Crippen LogP contribution in [0.15, 0.2) is 48.5 Å². The van der Waals surface area contributed by atoms with Gasteiger partial charge in [-0.05, 0) is 62.0 Å². The Hall–Kier alpha value is -2.86. The lowest BCUT2D eigenvalue weighted by atomic mass is 10.1. The minimum Gasteiger partial charge on any atom is -0.494 e. The third-order valence-corrected chi connectivity index (χ3v) is 4.23. The average molecular weight is 369 g/mol. The lowest BCUT2D eigenvalue weighted by Gasteiger charge is -2.18. The Morgan fingerprint density at radius 3 is 1.74 bits per heavy atom. The molecule has 2 aromatic carbocycles. The molecule has 0 unspecified atom stereocenters. The Kier molecular flexibility index (Phi) is 7.82. The summed E-state index contributed by atoms with van der Waals surface area (Å²) in [6.45, 7) is 9.52. The summed E-state index contributed by atoms with van der Waals surface area (Å²) in [6.07, 6.45) is 0. The predicted molar refractivity (Wildman–Crippen MR) is 106 cm³/mol. The van der Waals surface area contributed by atoms with Gasteiger partial charge in [0.15, 0.2) is 0 Å². The molecule has 2 N–H and O–H groups in total. The fourth-order valence-electron chi connectivity index (χ4n) is 2.59. The monoisotopic (exact) mass is 369 g/mol. The molecule has 0 aliphatic heterocycles. The summed E-state index contributed by atoms with van der Waals surface area (Å²) < 4.78 is 5.34. The van der Waals surface area contributed by atoms with Crippen molar-refractivity contribution in [1.29, 1.82) is 0 Å². The number of ether oxygens (including phenoxy) is 1. The Bertz CT molecular complexity index is 738. The van der Waals surface area contributed by atoms with Crippen LogP contribution in [0.2, 0.25) is 0 Å². The molecule has 6 nitrogen and oxygen atoms in total. The molecule has 0 aromatic heterocycles. The molecule has 2 rings (SSSR count). The largest absolute Gasteiger partial charge is 0.494 e. The van der Waals surface area contributed by atoms with E-state index >= 15 is 0 Å². The molecule has 0 fully saturated rings. The third kappa shape index (κ3) is 6.11. The van der Waals surface area contributed by atoms with Gasteiger partial charge < -0.3 is 4.74 Å². The highest BCUT2D eigenvalue weighted by atomic mass is 16.5. The predicted octanol–water partition coefficient (Wildman–Crippen LogP) is 3.00. The second-order valence-electron chi connectivity index (χ2n) is 6.02. The zero-order chi connectivity index (χ0) is 19.6. The average Bonchev–Trinajstić information content (AvgIpc) is 2.71. The van der Waals surface area contributed by atoms with Crippen LogP contribution in [0.4, 0.5) is 0 Å². The Balaban J connectivity index is 1.88. The van der Waals surface area contributed by atoms with Crippen molar-refractivity contribution >= 4 is 11.8 Å². The van der Waals surface area contributed by atoms with Gasteiger partial charge in [-0.15, -0.1) is 0 Å². The van der Waals surface area contributed by atoms with Crippen molar-refractivity contribution in [2.45, 2.75) is 27.3 Å². The topological polar surface area (TPSA) is 70.7 Å². The summed E-state index contributed by atoms with van der Waals surface area (Å²) in [4.78, 5) is 26.6. The van der Waals surface area contributed by atoms with Crippen LogP contribution in [-0.2, 0) is 6.54 Å². The van der Waals surface area contributed by atoms with Gasteiger partial charge in [-0.25, -0.2) is 0 Å². The summed E-state index contributed by atoms with van der Waals surface area (Å²) in [6, 6.07) is 14.1. The van der Waals surface area contributed by atoms with Crippen molar-refractivity contribution in [2.24, 2.45) is 0 Å². The smallest absolute Gasteiger partial charge is 0.269 e. The fourth-order valence-corrected chi connectivity index (χ4v) is 2.59. The maximum Gasteiger partial charge on any atom is 0.269 e. The maximum atomic E-state index is 12.2. The first-order chi connectivity index (χ1) is 13.1. The van der Waals surface area contributed by atoms with Crippen molar-refractivity contribution < 1.29 is 14.3 Å². The molecular weight excluding hydrogens is 342 g/mol. The van der Waals surface area contributed by atoms with Crippen LogP contribution < -0.4 is 15.6 Å². The molecule has 0 bridgehead atoms. The summed E-state index contributed by atoms with van der Waals surface area (Å²) in [5.74, 6) is -0.0453. The van der Waals surface area contributed by atoms with Crippen molar-refractivity contribution in [2.75, 3.05) is 19.7 Å². The van der Waals surface area contributed by atoms with E-state index in [-0.39, 0.29) is 11.8 Å². The van der Waals surface area contributed by atoms with Crippen LogP contribution >= 0.6 is 0 Å². The van der Waals surface area contributed by atoms with Gasteiger partial charge in [0, 0.05) is 17.7 Å². The minimum absolute atomic E-state index is 0.358. The molecule has 0 heterocycles. The van der Waals surface area contributed by atoms with Gasteiger partial charge >= 0.3 is 0 Å². The number of hydrogen-bond donors (Lipinski definition) is 2. The maximum absolute atomic E-state index is 12.2. The summed E-state index contributed by atoms with van der Waals surface area (Å²) >= 11 is 0. The molecule has 0 radical (unpaired) electrons. The summed E-state index contributed by atoms with van der Waals surface area (Å²) in [7, 11) is 0. The van der Waals surface area contributed by atoms with Crippen LogP contribution in [0, 0.1) is 0 Å². The second kappa shape index (κ2) is 10.3. The number of benzene rings is 2. The first-order valence-electron chi connectivity index (χ1n) is 9.22. The first kappa shape index (κ1) is 20.5. The van der Waals surface area contributed by atoms with Gasteiger partial charge in [-0.2, -0.15) is 0 Å². The Morgan fingerprint density at radius 2 is 1.30 bits per heavy atom. The number of nitrogens with one attached hydrogen (secondary N) is 2. The van der Waals surface area contributed by atoms with Gasteiger partial charge in [0.25, 0.3) is 11.8 Å². The van der Waals surface area contributed by atoms with E-state index in [0.717, 1.165) is 25.2 Å². The van der Waals surface area contributed by atoms with Gasteiger partial charge in [-0.1, -0.05) is 26.0 Å². The van der Waals surface area contributed by atoms with Gasteiger partial charge in [0.05, 0.1) is 6.61 Å². The number of nitrogens with zero attached hydrogens (tertiary/aromatic N) is 1. The highest BCUT2D eigenvalue weighted by Gasteiger charge is 2.10. The van der Waals surface area contributed by atoms with Crippen LogP contribution in [-0.4, -0.2) is 36.4 Å². The van der Waals surface area contributed by atoms with E-state index in [1.165, 1.54) is 0 Å². The molecule has 0 aliphatic rings. The minimum atomic E-state index is -0.385. The number of carbonyl (C=O) groups excluding carboxylic acids is 2. The van der Waals surface area contributed by atoms with Crippen LogP contribution in [0.5, 0.6) is 5.75 Å². The SMILES string of the molecule is CCOc1ccc(C(=O)NNC(=O)c2ccc(CN(CC)CC)cc2)cc1. The fraction of sp³-hybridized carbons (Fsp3) is 0.333. The highest BCUT2D eigenvalue weighted by molar-refractivity contribution is 5.99. The quantitative estimate of drug-likeness (QED) is 0.702. The van der Waals surface area contributed by atoms with Gasteiger partial charge in [0.2, 0.25) is 0 Å². The Labute approximate surface area is 160 Å². The molecule has 144 valence electrons. The van der Waals surface area contributed by atoms with E-state index in [1.807, 2.05) is 19.1 Å². The summed E-state index contributed by atoms with van der Waals surface area (Å²) in [5, 5.41) is 0. The zero-order valence-electron chi connectivity index (χ0n) is 16.1. The number of hydrazine groups is 1. The lowest BCUT2D eigenvalue weighted by molar-refractivity contribution is 0.0846. The molecule has 2 aromatic rings. The van der Waals surface area contributed by atoms with E-state index in [0.29, 0.717) is 23.5 Å². The Morgan fingerprint density at radius 1 is 0.815 bits per heavy atom. The van der Waals surface area contributed by atoms with E-state index in [9.17, 15) is 9.59 Å². The van der Waals surface area contributed by atoms with Crippen molar-refractivity contribution in [1.82, 2.24) is 15.8 Å². The second-order valence-corrected chi connectivity index (χ2v) is 6.02. The number of hydrogen-bond acceptors (Lipinski definition) is 4. The standard InChI is InChI=1S/C21H27N3O3/c1-4-24(5-2)15-16-7-9-17(10-8-16)20(25)22-23-21(26)18-11-13-19(14-12-18)27-6-3/h7-14H,4-6,15H2,1-3H3,(H,22,25)(H,23,26). The van der Waals surface area contributed by atoms with Gasteiger partial charge in [-0.3, -0.25) is 25.3 Å². The molecule has 2 amide bonds. The number of amides is 2. The lowest BCUT2D eigenvalue weighted by Crippen LogP contribution is -2.41. The first-order valence-corrected chi connectivity index (χ1v) is 9.22. The third-order valence-electron chi connectivity index (χ3n) is 4.23. The molecule has 0 atom stereocenters. The molecule has 0 aliphatic carbocycles. The molecular formula is C21H27N3O3. The van der Waals surface area contributed by atoms with Crippen LogP contribution in [0.3, 0.4) is 0 Å². The molecule has 27 heavy (non-hydrogen) atoms. The molecule has 0 saturated heterocycles. The van der Waals surface area contributed by atoms with Gasteiger partial charge in [0.1, 0.15) is 5.75 Å². The van der Waals surface area contributed by atoms with Crippen molar-refractivity contribution in [3.8, 4) is 5.75 Å². The number of carbonyl (C=O) groups is 2. The molecule has 0 spiro atoms. The zero-order valence-corrected chi connectivity index (χ0v) is 16.1. The number of rotatable bonds is 8. The summed E-state index contributed by atoms with van der Waals surface area (Å²) in [5.41, 5.74) is 6.94. The van der Waals surface area contributed by atoms with Crippen molar-refractivity contribution in [3.05, 3.63) is 65.2 Å². The highest BCUT2D eigenvalue weighted by Crippen LogP contribution is 2.12. The molecule has 6 heteroatoms. The normalized spacial score (nSPS) is 10.5. The van der Waals surface area contributed by atoms with Crippen molar-refractivity contribution in [3.63, 3.8) is 0 Å². The van der Waals surface area contributed by atoms with E-state index in [2.05, 4.69) is 29.6 Å². The van der Waals surface area contributed by atoms with E-state index < -0.39 is 0 Å². The molecule has 0 saturated carbocycles. The van der Waals surface area contributed by atoms with E-state index in [4.69, 9.17) is 4.74 Å². The van der Waals surface area contributed by atoms with Crippen LogP contribution in [0.1, 0.15) is 47.1 Å². The van der Waals surface area contributed by atoms with Crippen LogP contribution in [0.25, 0.3) is 0 Å².